The molecule has 0 amide bonds. The molecule has 3 N–H and O–H groups in total. The number of hydrogen-bond donors (Lipinski definition) is 3. The molecular weight excluding hydrogens is 204 g/mol. The maximum Gasteiger partial charge on any atom is 0.320 e. The summed E-state index contributed by atoms with van der Waals surface area (Å²) < 4.78 is 0. The van der Waals surface area contributed by atoms with Crippen LogP contribution >= 0.6 is 0 Å². The zero-order valence-corrected chi connectivity index (χ0v) is 10.3. The van der Waals surface area contributed by atoms with Crippen LogP contribution in [0.1, 0.15) is 39.5 Å². The highest BCUT2D eigenvalue weighted by molar-refractivity contribution is 5.73. The molecule has 0 spiro atoms. The van der Waals surface area contributed by atoms with Gasteiger partial charge in [0.15, 0.2) is 0 Å². The fourth-order valence-electron chi connectivity index (χ4n) is 2.13. The Kier molecular flexibility index (Phi) is 5.77. The van der Waals surface area contributed by atoms with Crippen molar-refractivity contribution in [3.8, 4) is 0 Å². The number of hydrogen-bond acceptors (Lipinski definition) is 3. The molecular formula is C12H24N2O2. The topological polar surface area (TPSA) is 61.4 Å². The van der Waals surface area contributed by atoms with Crippen LogP contribution in [-0.2, 0) is 4.79 Å². The smallest absolute Gasteiger partial charge is 0.320 e. The molecule has 0 aromatic rings. The molecule has 0 aromatic heterocycles. The van der Waals surface area contributed by atoms with Crippen LogP contribution in [0.2, 0.25) is 0 Å². The van der Waals surface area contributed by atoms with E-state index in [0.29, 0.717) is 18.4 Å². The van der Waals surface area contributed by atoms with Crippen molar-refractivity contribution in [2.24, 2.45) is 5.92 Å². The van der Waals surface area contributed by atoms with Crippen molar-refractivity contribution in [3.63, 3.8) is 0 Å². The molecule has 0 aliphatic carbocycles. The summed E-state index contributed by atoms with van der Waals surface area (Å²) in [4.78, 5) is 11.0. The first-order chi connectivity index (χ1) is 7.59. The van der Waals surface area contributed by atoms with Crippen LogP contribution in [0.5, 0.6) is 0 Å². The molecule has 2 unspecified atom stereocenters. The van der Waals surface area contributed by atoms with Gasteiger partial charge in [-0.3, -0.25) is 4.79 Å². The quantitative estimate of drug-likeness (QED) is 0.639. The minimum absolute atomic E-state index is 0.399. The molecule has 4 nitrogen and oxygen atoms in total. The molecule has 0 radical (unpaired) electrons. The molecule has 1 aliphatic rings. The Bertz CT molecular complexity index is 213. The molecule has 0 saturated carbocycles. The molecule has 16 heavy (non-hydrogen) atoms. The summed E-state index contributed by atoms with van der Waals surface area (Å²) >= 11 is 0. The highest BCUT2D eigenvalue weighted by atomic mass is 16.4. The Hall–Kier alpha value is -0.610. The monoisotopic (exact) mass is 228 g/mol. The summed E-state index contributed by atoms with van der Waals surface area (Å²) in [5.74, 6) is -0.322. The average molecular weight is 228 g/mol. The van der Waals surface area contributed by atoms with Crippen molar-refractivity contribution in [1.29, 1.82) is 0 Å². The Morgan fingerprint density at radius 1 is 1.50 bits per heavy atom. The summed E-state index contributed by atoms with van der Waals surface area (Å²) in [6.45, 7) is 5.94. The number of carboxylic acid groups (broad SMARTS) is 1. The maximum absolute atomic E-state index is 11.0. The zero-order chi connectivity index (χ0) is 12.0. The Balaban J connectivity index is 2.28. The molecule has 0 aromatic carbocycles. The van der Waals surface area contributed by atoms with Gasteiger partial charge in [0.25, 0.3) is 0 Å². The van der Waals surface area contributed by atoms with E-state index in [4.69, 9.17) is 5.11 Å². The van der Waals surface area contributed by atoms with Crippen LogP contribution in [0.25, 0.3) is 0 Å². The summed E-state index contributed by atoms with van der Waals surface area (Å²) in [5.41, 5.74) is 0. The van der Waals surface area contributed by atoms with E-state index in [9.17, 15) is 4.79 Å². The van der Waals surface area contributed by atoms with E-state index in [1.165, 1.54) is 12.8 Å². The SMILES string of the molecule is CC(C)CC(NCC1CCCCN1)C(=O)O. The molecule has 1 heterocycles. The van der Waals surface area contributed by atoms with Crippen LogP contribution < -0.4 is 10.6 Å². The van der Waals surface area contributed by atoms with Gasteiger partial charge in [-0.05, 0) is 31.7 Å². The number of aliphatic carboxylic acids is 1. The van der Waals surface area contributed by atoms with Crippen molar-refractivity contribution in [2.75, 3.05) is 13.1 Å². The highest BCUT2D eigenvalue weighted by Crippen LogP contribution is 2.08. The van der Waals surface area contributed by atoms with Crippen LogP contribution in [0, 0.1) is 5.92 Å². The molecule has 0 bridgehead atoms. The van der Waals surface area contributed by atoms with Gasteiger partial charge in [0, 0.05) is 12.6 Å². The lowest BCUT2D eigenvalue weighted by molar-refractivity contribution is -0.139. The van der Waals surface area contributed by atoms with E-state index in [1.807, 2.05) is 0 Å². The molecule has 1 aliphatic heterocycles. The van der Waals surface area contributed by atoms with E-state index in [1.54, 1.807) is 0 Å². The van der Waals surface area contributed by atoms with Crippen LogP contribution in [0.15, 0.2) is 0 Å². The summed E-state index contributed by atoms with van der Waals surface area (Å²) in [5, 5.41) is 15.6. The number of nitrogens with one attached hydrogen (secondary N) is 2. The van der Waals surface area contributed by atoms with Crippen molar-refractivity contribution >= 4 is 5.97 Å². The minimum Gasteiger partial charge on any atom is -0.480 e. The summed E-state index contributed by atoms with van der Waals surface area (Å²) in [7, 11) is 0. The van der Waals surface area contributed by atoms with E-state index in [2.05, 4.69) is 24.5 Å². The van der Waals surface area contributed by atoms with Gasteiger partial charge in [-0.25, -0.2) is 0 Å². The summed E-state index contributed by atoms with van der Waals surface area (Å²) in [6, 6.07) is 0.0477. The highest BCUT2D eigenvalue weighted by Gasteiger charge is 2.20. The predicted molar refractivity (Wildman–Crippen MR) is 64.5 cm³/mol. The Morgan fingerprint density at radius 3 is 2.75 bits per heavy atom. The fourth-order valence-corrected chi connectivity index (χ4v) is 2.13. The second-order valence-corrected chi connectivity index (χ2v) is 5.08. The van der Waals surface area contributed by atoms with Gasteiger partial charge in [0.05, 0.1) is 0 Å². The molecule has 1 rings (SSSR count). The summed E-state index contributed by atoms with van der Waals surface area (Å²) in [6.07, 6.45) is 4.34. The van der Waals surface area contributed by atoms with Crippen LogP contribution in [0.4, 0.5) is 0 Å². The van der Waals surface area contributed by atoms with Crippen molar-refractivity contribution < 1.29 is 9.90 Å². The fraction of sp³-hybridized carbons (Fsp3) is 0.917. The van der Waals surface area contributed by atoms with Crippen molar-refractivity contribution in [1.82, 2.24) is 10.6 Å². The van der Waals surface area contributed by atoms with E-state index in [0.717, 1.165) is 19.5 Å². The van der Waals surface area contributed by atoms with Gasteiger partial charge >= 0.3 is 5.97 Å². The molecule has 1 fully saturated rings. The van der Waals surface area contributed by atoms with Crippen LogP contribution in [0.3, 0.4) is 0 Å². The number of piperidine rings is 1. The van der Waals surface area contributed by atoms with Gasteiger partial charge in [-0.1, -0.05) is 20.3 Å². The lowest BCUT2D eigenvalue weighted by atomic mass is 10.0. The number of carboxylic acids is 1. The number of rotatable bonds is 6. The van der Waals surface area contributed by atoms with E-state index >= 15 is 0 Å². The maximum atomic E-state index is 11.0. The number of carbonyl (C=O) groups is 1. The molecule has 2 atom stereocenters. The molecule has 94 valence electrons. The van der Waals surface area contributed by atoms with Crippen molar-refractivity contribution in [3.05, 3.63) is 0 Å². The van der Waals surface area contributed by atoms with Crippen molar-refractivity contribution in [2.45, 2.75) is 51.6 Å². The van der Waals surface area contributed by atoms with Gasteiger partial charge in [-0.15, -0.1) is 0 Å². The first-order valence-corrected chi connectivity index (χ1v) is 6.29. The molecule has 4 heteroatoms. The van der Waals surface area contributed by atoms with Gasteiger partial charge in [-0.2, -0.15) is 0 Å². The Labute approximate surface area is 97.8 Å². The van der Waals surface area contributed by atoms with Crippen LogP contribution in [-0.4, -0.2) is 36.2 Å². The predicted octanol–water partition coefficient (Wildman–Crippen LogP) is 1.22. The first kappa shape index (κ1) is 13.5. The third-order valence-corrected chi connectivity index (χ3v) is 3.03. The normalized spacial score (nSPS) is 23.3. The van der Waals surface area contributed by atoms with E-state index in [-0.39, 0.29) is 0 Å². The Morgan fingerprint density at radius 2 is 2.25 bits per heavy atom. The lowest BCUT2D eigenvalue weighted by Gasteiger charge is -2.26. The standard InChI is InChI=1S/C12H24N2O2/c1-9(2)7-11(12(15)16)14-8-10-5-3-4-6-13-10/h9-11,13-14H,3-8H2,1-2H3,(H,15,16). The zero-order valence-electron chi connectivity index (χ0n) is 10.3. The lowest BCUT2D eigenvalue weighted by Crippen LogP contribution is -2.47. The third kappa shape index (κ3) is 4.94. The largest absolute Gasteiger partial charge is 0.480 e. The van der Waals surface area contributed by atoms with E-state index < -0.39 is 12.0 Å². The first-order valence-electron chi connectivity index (χ1n) is 6.29. The van der Waals surface area contributed by atoms with Gasteiger partial charge < -0.3 is 15.7 Å². The minimum atomic E-state index is -0.732. The van der Waals surface area contributed by atoms with Gasteiger partial charge in [0.1, 0.15) is 6.04 Å². The van der Waals surface area contributed by atoms with Gasteiger partial charge in [0.2, 0.25) is 0 Å². The second kappa shape index (κ2) is 6.86. The average Bonchev–Trinajstić information content (AvgIpc) is 2.25. The third-order valence-electron chi connectivity index (χ3n) is 3.03. The molecule has 1 saturated heterocycles. The second-order valence-electron chi connectivity index (χ2n) is 5.08.